The van der Waals surface area contributed by atoms with E-state index in [-0.39, 0.29) is 0 Å². The Morgan fingerprint density at radius 2 is 1.48 bits per heavy atom. The smallest absolute Gasteiger partial charge is 0.0480 e. The van der Waals surface area contributed by atoms with Gasteiger partial charge in [0, 0.05) is 24.8 Å². The molecular weight excluding hydrogens is 328 g/mol. The first-order chi connectivity index (χ1) is 13.3. The number of allylic oxidation sites excluding steroid dienone is 2. The van der Waals surface area contributed by atoms with Crippen LogP contribution in [0.2, 0.25) is 0 Å². The van der Waals surface area contributed by atoms with Gasteiger partial charge in [0.2, 0.25) is 0 Å². The van der Waals surface area contributed by atoms with Crippen LogP contribution in [-0.4, -0.2) is 11.1 Å². The highest BCUT2D eigenvalue weighted by molar-refractivity contribution is 5.81. The first-order valence-electron chi connectivity index (χ1n) is 9.95. The van der Waals surface area contributed by atoms with Gasteiger partial charge in [0.1, 0.15) is 0 Å². The summed E-state index contributed by atoms with van der Waals surface area (Å²) < 4.78 is 2.25. The first-order valence-corrected chi connectivity index (χ1v) is 9.95. The molecule has 0 spiro atoms. The summed E-state index contributed by atoms with van der Waals surface area (Å²) in [6.07, 6.45) is 9.77. The van der Waals surface area contributed by atoms with Crippen molar-refractivity contribution in [2.24, 2.45) is 7.05 Å². The quantitative estimate of drug-likeness (QED) is 0.569. The zero-order valence-corrected chi connectivity index (χ0v) is 17.1. The van der Waals surface area contributed by atoms with Crippen LogP contribution in [0.4, 0.5) is 0 Å². The minimum absolute atomic E-state index is 0.946. The summed E-state index contributed by atoms with van der Waals surface area (Å²) in [6.45, 7) is 8.09. The number of nitrogens with zero attached hydrogens (tertiary/aromatic N) is 1. The number of fused-ring (bicyclic) bond motifs is 2. The molecule has 27 heavy (non-hydrogen) atoms. The second-order valence-corrected chi connectivity index (χ2v) is 6.20. The third-order valence-electron chi connectivity index (χ3n) is 4.47. The molecule has 0 bridgehead atoms. The Morgan fingerprint density at radius 3 is 2.07 bits per heavy atom. The van der Waals surface area contributed by atoms with E-state index in [9.17, 15) is 0 Å². The molecule has 4 rings (SSSR count). The van der Waals surface area contributed by atoms with Crippen molar-refractivity contribution < 1.29 is 0 Å². The van der Waals surface area contributed by atoms with E-state index < -0.39 is 0 Å². The number of benzene rings is 2. The van der Waals surface area contributed by atoms with E-state index in [4.69, 9.17) is 0 Å². The van der Waals surface area contributed by atoms with Crippen molar-refractivity contribution in [1.82, 2.24) is 9.88 Å². The van der Waals surface area contributed by atoms with E-state index in [2.05, 4.69) is 103 Å². The molecule has 2 nitrogen and oxygen atoms in total. The lowest BCUT2D eigenvalue weighted by Crippen LogP contribution is -2.14. The summed E-state index contributed by atoms with van der Waals surface area (Å²) >= 11 is 0. The second-order valence-electron chi connectivity index (χ2n) is 6.20. The molecule has 0 amide bonds. The first kappa shape index (κ1) is 20.7. The zero-order valence-electron chi connectivity index (χ0n) is 17.1. The summed E-state index contributed by atoms with van der Waals surface area (Å²) in [5, 5.41) is 4.67. The Bertz CT molecular complexity index is 853. The van der Waals surface area contributed by atoms with Gasteiger partial charge in [-0.3, -0.25) is 0 Å². The van der Waals surface area contributed by atoms with Gasteiger partial charge in [0.25, 0.3) is 0 Å². The molecule has 0 fully saturated rings. The average Bonchev–Trinajstić information content (AvgIpc) is 2.89. The van der Waals surface area contributed by atoms with Gasteiger partial charge >= 0.3 is 0 Å². The minimum Gasteiger partial charge on any atom is -0.346 e. The predicted octanol–water partition coefficient (Wildman–Crippen LogP) is 6.43. The Balaban J connectivity index is 0.000000181. The van der Waals surface area contributed by atoms with Gasteiger partial charge in [0.15, 0.2) is 0 Å². The molecule has 0 saturated carbocycles. The number of aryl methyl sites for hydroxylation is 1. The maximum Gasteiger partial charge on any atom is 0.0480 e. The molecule has 1 N–H and O–H groups in total. The molecule has 0 radical (unpaired) electrons. The molecule has 2 aromatic carbocycles. The van der Waals surface area contributed by atoms with E-state index in [0.717, 1.165) is 19.5 Å². The Morgan fingerprint density at radius 1 is 0.889 bits per heavy atom. The normalized spacial score (nSPS) is 11.7. The fourth-order valence-electron chi connectivity index (χ4n) is 3.05. The monoisotopic (exact) mass is 360 g/mol. The lowest BCUT2D eigenvalue weighted by Gasteiger charge is -2.03. The fraction of sp³-hybridized carbons (Fsp3) is 0.280. The molecule has 1 aromatic heterocycles. The summed E-state index contributed by atoms with van der Waals surface area (Å²) in [4.78, 5) is 0. The number of rotatable bonds is 3. The van der Waals surface area contributed by atoms with E-state index in [1.54, 1.807) is 0 Å². The molecule has 1 aliphatic carbocycles. The Hall–Kier alpha value is -2.58. The molecule has 0 saturated heterocycles. The summed E-state index contributed by atoms with van der Waals surface area (Å²) in [7, 11) is 2.12. The van der Waals surface area contributed by atoms with Crippen LogP contribution >= 0.6 is 0 Å². The molecule has 1 aliphatic rings. The lowest BCUT2D eigenvalue weighted by atomic mass is 10.1. The second kappa shape index (κ2) is 11.2. The van der Waals surface area contributed by atoms with Gasteiger partial charge in [0.05, 0.1) is 0 Å². The van der Waals surface area contributed by atoms with Crippen molar-refractivity contribution in [2.75, 3.05) is 6.54 Å². The highest BCUT2D eigenvalue weighted by atomic mass is 15.0. The third kappa shape index (κ3) is 5.70. The molecule has 142 valence electrons. The SMILES string of the molecule is C1=Cc2ccccc2C=CC1.CC.CCNCc1cc2ccccc2n1C. The van der Waals surface area contributed by atoms with E-state index >= 15 is 0 Å². The van der Waals surface area contributed by atoms with Crippen molar-refractivity contribution in [2.45, 2.75) is 33.7 Å². The number of aromatic nitrogens is 1. The molecule has 0 unspecified atom stereocenters. The topological polar surface area (TPSA) is 17.0 Å². The van der Waals surface area contributed by atoms with Crippen LogP contribution in [0.1, 0.15) is 44.0 Å². The van der Waals surface area contributed by atoms with E-state index in [0.29, 0.717) is 0 Å². The largest absolute Gasteiger partial charge is 0.346 e. The average molecular weight is 361 g/mol. The number of nitrogens with one attached hydrogen (secondary N) is 1. The van der Waals surface area contributed by atoms with Crippen molar-refractivity contribution in [3.8, 4) is 0 Å². The van der Waals surface area contributed by atoms with Crippen LogP contribution < -0.4 is 5.32 Å². The van der Waals surface area contributed by atoms with Crippen molar-refractivity contribution >= 4 is 23.1 Å². The maximum atomic E-state index is 3.35. The van der Waals surface area contributed by atoms with Crippen LogP contribution in [0.5, 0.6) is 0 Å². The lowest BCUT2D eigenvalue weighted by molar-refractivity contribution is 0.686. The van der Waals surface area contributed by atoms with Gasteiger partial charge in [-0.2, -0.15) is 0 Å². The Labute approximate surface area is 164 Å². The van der Waals surface area contributed by atoms with Gasteiger partial charge in [-0.05, 0) is 41.6 Å². The zero-order chi connectivity index (χ0) is 19.5. The van der Waals surface area contributed by atoms with Crippen molar-refractivity contribution in [3.63, 3.8) is 0 Å². The maximum absolute atomic E-state index is 3.35. The van der Waals surface area contributed by atoms with Crippen LogP contribution in [0.25, 0.3) is 23.1 Å². The van der Waals surface area contributed by atoms with Crippen molar-refractivity contribution in [3.05, 3.63) is 83.6 Å². The highest BCUT2D eigenvalue weighted by Crippen LogP contribution is 2.18. The van der Waals surface area contributed by atoms with Gasteiger partial charge in [-0.15, -0.1) is 0 Å². The molecular formula is C25H32N2. The molecule has 2 heteroatoms. The third-order valence-corrected chi connectivity index (χ3v) is 4.47. The Kier molecular flexibility index (Phi) is 8.60. The van der Waals surface area contributed by atoms with E-state index in [1.165, 1.54) is 27.7 Å². The van der Waals surface area contributed by atoms with Crippen LogP contribution in [0.3, 0.4) is 0 Å². The molecule has 3 aromatic rings. The van der Waals surface area contributed by atoms with Crippen LogP contribution in [-0.2, 0) is 13.6 Å². The number of hydrogen-bond donors (Lipinski definition) is 1. The number of para-hydroxylation sites is 1. The van der Waals surface area contributed by atoms with Crippen LogP contribution in [0.15, 0.2) is 66.7 Å². The fourth-order valence-corrected chi connectivity index (χ4v) is 3.05. The van der Waals surface area contributed by atoms with Gasteiger partial charge < -0.3 is 9.88 Å². The molecule has 0 aliphatic heterocycles. The van der Waals surface area contributed by atoms with Crippen molar-refractivity contribution in [1.29, 1.82) is 0 Å². The summed E-state index contributed by atoms with van der Waals surface area (Å²) in [6, 6.07) is 19.2. The number of hydrogen-bond acceptors (Lipinski definition) is 1. The summed E-state index contributed by atoms with van der Waals surface area (Å²) in [5.74, 6) is 0. The predicted molar refractivity (Wildman–Crippen MR) is 121 cm³/mol. The highest BCUT2D eigenvalue weighted by Gasteiger charge is 2.03. The van der Waals surface area contributed by atoms with Gasteiger partial charge in [-0.25, -0.2) is 0 Å². The van der Waals surface area contributed by atoms with Crippen LogP contribution in [0, 0.1) is 0 Å². The van der Waals surface area contributed by atoms with Gasteiger partial charge in [-0.1, -0.05) is 87.5 Å². The summed E-state index contributed by atoms with van der Waals surface area (Å²) in [5.41, 5.74) is 5.29. The molecule has 1 heterocycles. The van der Waals surface area contributed by atoms with E-state index in [1.807, 2.05) is 13.8 Å². The molecule has 0 atom stereocenters. The standard InChI is InChI=1S/C12H16N2.C11H10.C2H6/c1-3-13-9-11-8-10-6-4-5-7-12(10)14(11)2;1-2-6-10-8-4-5-9-11(10)7-3-1;1-2/h4-8,13H,3,9H2,1-2H3;2-9H,1H2;1-2H3. The minimum atomic E-state index is 0.946.